The van der Waals surface area contributed by atoms with Gasteiger partial charge in [-0.1, -0.05) is 19.4 Å². The predicted molar refractivity (Wildman–Crippen MR) is 72.1 cm³/mol. The van der Waals surface area contributed by atoms with E-state index in [4.69, 9.17) is 0 Å². The highest BCUT2D eigenvalue weighted by Gasteiger charge is 2.10. The molecule has 1 N–H and O–H groups in total. The fourth-order valence-electron chi connectivity index (χ4n) is 2.27. The average molecular weight is 233 g/mol. The summed E-state index contributed by atoms with van der Waals surface area (Å²) in [5, 5.41) is 3.34. The Kier molecular flexibility index (Phi) is 4.80. The van der Waals surface area contributed by atoms with Crippen molar-refractivity contribution in [3.8, 4) is 0 Å². The van der Waals surface area contributed by atoms with Crippen LogP contribution < -0.4 is 5.32 Å². The Morgan fingerprint density at radius 2 is 2.06 bits per heavy atom. The number of pyridine rings is 1. The van der Waals surface area contributed by atoms with Crippen LogP contribution in [0.3, 0.4) is 0 Å². The molecule has 0 aliphatic carbocycles. The second kappa shape index (κ2) is 6.60. The van der Waals surface area contributed by atoms with Crippen molar-refractivity contribution >= 4 is 5.82 Å². The van der Waals surface area contributed by atoms with Crippen LogP contribution in [0.25, 0.3) is 0 Å². The minimum Gasteiger partial charge on any atom is -0.370 e. The van der Waals surface area contributed by atoms with Crippen LogP contribution in [0.4, 0.5) is 5.82 Å². The molecule has 0 amide bonds. The maximum atomic E-state index is 4.65. The van der Waals surface area contributed by atoms with Gasteiger partial charge in [-0.2, -0.15) is 0 Å². The number of rotatable bonds is 5. The van der Waals surface area contributed by atoms with E-state index in [1.807, 2.05) is 0 Å². The highest BCUT2D eigenvalue weighted by atomic mass is 15.1. The van der Waals surface area contributed by atoms with Crippen LogP contribution in [-0.4, -0.2) is 29.5 Å². The third kappa shape index (κ3) is 4.00. The first-order valence-electron chi connectivity index (χ1n) is 6.80. The minimum atomic E-state index is 1.00. The van der Waals surface area contributed by atoms with Gasteiger partial charge in [-0.25, -0.2) is 4.98 Å². The molecule has 94 valence electrons. The Bertz CT molecular complexity index is 332. The van der Waals surface area contributed by atoms with E-state index in [1.54, 1.807) is 0 Å². The highest BCUT2D eigenvalue weighted by molar-refractivity contribution is 5.35. The third-order valence-electron chi connectivity index (χ3n) is 3.20. The van der Waals surface area contributed by atoms with E-state index in [-0.39, 0.29) is 0 Å². The molecule has 0 radical (unpaired) electrons. The SMILES string of the molecule is CCCNc1cccc(CN2CCCCC2)n1. The Labute approximate surface area is 104 Å². The van der Waals surface area contributed by atoms with Gasteiger partial charge >= 0.3 is 0 Å². The predicted octanol–water partition coefficient (Wildman–Crippen LogP) is 2.89. The molecule has 0 bridgehead atoms. The first-order chi connectivity index (χ1) is 8.38. The van der Waals surface area contributed by atoms with Gasteiger partial charge in [0, 0.05) is 13.1 Å². The molecule has 3 nitrogen and oxygen atoms in total. The van der Waals surface area contributed by atoms with Gasteiger partial charge in [0.25, 0.3) is 0 Å². The van der Waals surface area contributed by atoms with Crippen molar-refractivity contribution < 1.29 is 0 Å². The zero-order valence-electron chi connectivity index (χ0n) is 10.8. The van der Waals surface area contributed by atoms with Crippen LogP contribution >= 0.6 is 0 Å². The van der Waals surface area contributed by atoms with Crippen LogP contribution in [0.1, 0.15) is 38.3 Å². The zero-order chi connectivity index (χ0) is 11.9. The molecule has 2 rings (SSSR count). The lowest BCUT2D eigenvalue weighted by Crippen LogP contribution is -2.29. The van der Waals surface area contributed by atoms with Gasteiger partial charge in [0.15, 0.2) is 0 Å². The van der Waals surface area contributed by atoms with E-state index in [1.165, 1.54) is 38.0 Å². The van der Waals surface area contributed by atoms with Crippen molar-refractivity contribution in [1.82, 2.24) is 9.88 Å². The summed E-state index contributed by atoms with van der Waals surface area (Å²) in [4.78, 5) is 7.16. The Morgan fingerprint density at radius 1 is 1.24 bits per heavy atom. The van der Waals surface area contributed by atoms with Crippen molar-refractivity contribution in [2.24, 2.45) is 0 Å². The van der Waals surface area contributed by atoms with Crippen molar-refractivity contribution in [2.45, 2.75) is 39.2 Å². The Hall–Kier alpha value is -1.09. The summed E-state index contributed by atoms with van der Waals surface area (Å²) in [7, 11) is 0. The minimum absolute atomic E-state index is 1.00. The summed E-state index contributed by atoms with van der Waals surface area (Å²) in [6.07, 6.45) is 5.21. The number of piperidine rings is 1. The van der Waals surface area contributed by atoms with Crippen molar-refractivity contribution in [3.05, 3.63) is 23.9 Å². The number of nitrogens with zero attached hydrogens (tertiary/aromatic N) is 2. The molecule has 1 saturated heterocycles. The molecule has 0 atom stereocenters. The molecule has 0 spiro atoms. The molecule has 17 heavy (non-hydrogen) atoms. The lowest BCUT2D eigenvalue weighted by Gasteiger charge is -2.26. The second-order valence-electron chi connectivity index (χ2n) is 4.78. The molecular formula is C14H23N3. The van der Waals surface area contributed by atoms with Crippen LogP contribution in [-0.2, 0) is 6.54 Å². The Morgan fingerprint density at radius 3 is 2.82 bits per heavy atom. The van der Waals surface area contributed by atoms with Gasteiger partial charge in [-0.3, -0.25) is 4.90 Å². The maximum absolute atomic E-state index is 4.65. The number of likely N-dealkylation sites (tertiary alicyclic amines) is 1. The molecule has 0 aromatic carbocycles. The number of hydrogen-bond donors (Lipinski definition) is 1. The third-order valence-corrected chi connectivity index (χ3v) is 3.20. The second-order valence-corrected chi connectivity index (χ2v) is 4.78. The van der Waals surface area contributed by atoms with Gasteiger partial charge in [-0.05, 0) is 44.5 Å². The lowest BCUT2D eigenvalue weighted by molar-refractivity contribution is 0.218. The number of anilines is 1. The average Bonchev–Trinajstić information content (AvgIpc) is 2.38. The molecule has 3 heteroatoms. The molecule has 1 aromatic rings. The Balaban J connectivity index is 1.90. The maximum Gasteiger partial charge on any atom is 0.126 e. The summed E-state index contributed by atoms with van der Waals surface area (Å²) in [5.74, 6) is 1.02. The molecule has 1 aromatic heterocycles. The number of nitrogens with one attached hydrogen (secondary N) is 1. The molecule has 0 unspecified atom stereocenters. The molecule has 1 aliphatic rings. The van der Waals surface area contributed by atoms with Gasteiger partial charge in [0.2, 0.25) is 0 Å². The normalized spacial score (nSPS) is 17.0. The quantitative estimate of drug-likeness (QED) is 0.847. The molecule has 2 heterocycles. The standard InChI is InChI=1S/C14H23N3/c1-2-9-15-14-8-6-7-13(16-14)12-17-10-4-3-5-11-17/h6-8H,2-5,9-12H2,1H3,(H,15,16). The topological polar surface area (TPSA) is 28.2 Å². The number of hydrogen-bond acceptors (Lipinski definition) is 3. The van der Waals surface area contributed by atoms with Crippen LogP contribution in [0.15, 0.2) is 18.2 Å². The molecule has 0 saturated carbocycles. The van der Waals surface area contributed by atoms with E-state index < -0.39 is 0 Å². The summed E-state index contributed by atoms with van der Waals surface area (Å²) in [6, 6.07) is 6.28. The van der Waals surface area contributed by atoms with Crippen molar-refractivity contribution in [1.29, 1.82) is 0 Å². The fraction of sp³-hybridized carbons (Fsp3) is 0.643. The highest BCUT2D eigenvalue weighted by Crippen LogP contribution is 2.13. The smallest absolute Gasteiger partial charge is 0.126 e. The van der Waals surface area contributed by atoms with Gasteiger partial charge in [-0.15, -0.1) is 0 Å². The largest absolute Gasteiger partial charge is 0.370 e. The van der Waals surface area contributed by atoms with Gasteiger partial charge in [0.1, 0.15) is 5.82 Å². The first-order valence-corrected chi connectivity index (χ1v) is 6.80. The van der Waals surface area contributed by atoms with Crippen LogP contribution in [0.5, 0.6) is 0 Å². The van der Waals surface area contributed by atoms with E-state index in [9.17, 15) is 0 Å². The number of aromatic nitrogens is 1. The zero-order valence-corrected chi connectivity index (χ0v) is 10.8. The summed E-state index contributed by atoms with van der Waals surface area (Å²) >= 11 is 0. The fourth-order valence-corrected chi connectivity index (χ4v) is 2.27. The van der Waals surface area contributed by atoms with E-state index in [2.05, 4.69) is 40.3 Å². The molecule has 1 aliphatic heterocycles. The van der Waals surface area contributed by atoms with E-state index in [0.29, 0.717) is 0 Å². The molecular weight excluding hydrogens is 210 g/mol. The van der Waals surface area contributed by atoms with Gasteiger partial charge < -0.3 is 5.32 Å². The summed E-state index contributed by atoms with van der Waals surface area (Å²) in [5.41, 5.74) is 1.19. The van der Waals surface area contributed by atoms with E-state index in [0.717, 1.165) is 25.3 Å². The summed E-state index contributed by atoms with van der Waals surface area (Å²) < 4.78 is 0. The lowest BCUT2D eigenvalue weighted by atomic mass is 10.1. The van der Waals surface area contributed by atoms with Gasteiger partial charge in [0.05, 0.1) is 5.69 Å². The van der Waals surface area contributed by atoms with Crippen LogP contribution in [0.2, 0.25) is 0 Å². The van der Waals surface area contributed by atoms with Crippen molar-refractivity contribution in [2.75, 3.05) is 25.0 Å². The molecule has 1 fully saturated rings. The summed E-state index contributed by atoms with van der Waals surface area (Å²) in [6.45, 7) is 6.63. The monoisotopic (exact) mass is 233 g/mol. The van der Waals surface area contributed by atoms with Crippen LogP contribution in [0, 0.1) is 0 Å². The first kappa shape index (κ1) is 12.4. The van der Waals surface area contributed by atoms with E-state index >= 15 is 0 Å². The van der Waals surface area contributed by atoms with Crippen molar-refractivity contribution in [3.63, 3.8) is 0 Å².